The largest absolute Gasteiger partial charge is 0.460 e. The van der Waals surface area contributed by atoms with E-state index >= 15 is 0 Å². The Bertz CT molecular complexity index is 1060. The fourth-order valence-electron chi connectivity index (χ4n) is 7.74. The van der Waals surface area contributed by atoms with Crippen molar-refractivity contribution in [2.45, 2.75) is 116 Å². The summed E-state index contributed by atoms with van der Waals surface area (Å²) in [6, 6.07) is -0.314. The predicted molar refractivity (Wildman–Crippen MR) is 176 cm³/mol. The normalized spacial score (nSPS) is 39.8. The lowest BCUT2D eigenvalue weighted by Gasteiger charge is -2.47. The standard InChI is InChI=1S/C35H61N3O7/c1-13-16-38-17-14-26(15-18-38)28-25(5)44-33(41)34(6,7)30(40)24(4)31(35(8,42-12)20-22(2)21-37(28)11)45-32-29(39)27(36(9)10)19-23(3)43-32/h13-14,22-25,27-29,31-32,39H,1,15-21H2,2-12H3/t22-,23?,24+,25-,27-,28-,29-,31-,32?,35-/m1/s1. The number of hydrogen-bond donors (Lipinski definition) is 1. The Balaban J connectivity index is 2.02. The van der Waals surface area contributed by atoms with Crippen LogP contribution in [0.2, 0.25) is 0 Å². The SMILES string of the molecule is C=CCN1CC=C([C@H]2[C@@H](C)OC(=O)C(C)(C)C(=O)[C@H](C)[C@@H](OC3OC(C)C[C@@H](N(C)C)[C@H]3O)[C@](C)(OC)C[C@@H](C)CN2C)CC1. The van der Waals surface area contributed by atoms with Gasteiger partial charge in [-0.2, -0.15) is 0 Å². The molecule has 0 saturated carbocycles. The van der Waals surface area contributed by atoms with Crippen LogP contribution in [-0.4, -0.2) is 134 Å². The van der Waals surface area contributed by atoms with Crippen LogP contribution in [0.3, 0.4) is 0 Å². The van der Waals surface area contributed by atoms with Crippen molar-refractivity contribution in [3.8, 4) is 0 Å². The number of methoxy groups -OCH3 is 1. The lowest BCUT2D eigenvalue weighted by molar-refractivity contribution is -0.295. The number of aliphatic hydroxyl groups excluding tert-OH is 1. The van der Waals surface area contributed by atoms with Crippen LogP contribution in [0.25, 0.3) is 0 Å². The Hall–Kier alpha value is -1.66. The van der Waals surface area contributed by atoms with Crippen molar-refractivity contribution in [3.05, 3.63) is 24.3 Å². The molecule has 10 atom stereocenters. The second kappa shape index (κ2) is 15.5. The summed E-state index contributed by atoms with van der Waals surface area (Å²) >= 11 is 0. The van der Waals surface area contributed by atoms with Crippen molar-refractivity contribution in [1.29, 1.82) is 0 Å². The molecule has 0 amide bonds. The summed E-state index contributed by atoms with van der Waals surface area (Å²) in [6.07, 6.45) is 2.92. The van der Waals surface area contributed by atoms with Gasteiger partial charge in [-0.05, 0) is 80.9 Å². The van der Waals surface area contributed by atoms with E-state index in [-0.39, 0.29) is 29.9 Å². The number of carbonyl (C=O) groups excluding carboxylic acids is 2. The first kappa shape index (κ1) is 37.8. The number of aliphatic hydroxyl groups is 1. The molecule has 10 nitrogen and oxygen atoms in total. The number of nitrogens with zero attached hydrogens (tertiary/aromatic N) is 3. The first-order valence-electron chi connectivity index (χ1n) is 16.6. The van der Waals surface area contributed by atoms with Crippen LogP contribution in [0.4, 0.5) is 0 Å². The van der Waals surface area contributed by atoms with Crippen LogP contribution >= 0.6 is 0 Å². The molecule has 0 spiro atoms. The summed E-state index contributed by atoms with van der Waals surface area (Å²) in [4.78, 5) is 34.7. The van der Waals surface area contributed by atoms with Gasteiger partial charge in [0.15, 0.2) is 12.1 Å². The molecular weight excluding hydrogens is 574 g/mol. The van der Waals surface area contributed by atoms with Gasteiger partial charge in [-0.3, -0.25) is 19.4 Å². The molecule has 0 radical (unpaired) electrons. The Kier molecular flexibility index (Phi) is 13.0. The van der Waals surface area contributed by atoms with Crippen molar-refractivity contribution < 1.29 is 33.6 Å². The zero-order valence-corrected chi connectivity index (χ0v) is 29.7. The van der Waals surface area contributed by atoms with Gasteiger partial charge < -0.3 is 29.0 Å². The molecule has 0 aromatic heterocycles. The maximum atomic E-state index is 14.3. The molecule has 2 fully saturated rings. The van der Waals surface area contributed by atoms with Crippen LogP contribution in [-0.2, 0) is 28.5 Å². The third kappa shape index (κ3) is 8.63. The van der Waals surface area contributed by atoms with Gasteiger partial charge in [0.1, 0.15) is 17.6 Å². The molecule has 0 aliphatic carbocycles. The molecule has 1 N–H and O–H groups in total. The highest BCUT2D eigenvalue weighted by atomic mass is 16.7. The molecule has 0 aromatic rings. The molecule has 45 heavy (non-hydrogen) atoms. The Morgan fingerprint density at radius 2 is 1.84 bits per heavy atom. The van der Waals surface area contributed by atoms with E-state index in [4.69, 9.17) is 18.9 Å². The average molecular weight is 636 g/mol. The monoisotopic (exact) mass is 635 g/mol. The van der Waals surface area contributed by atoms with Crippen molar-refractivity contribution in [1.82, 2.24) is 14.7 Å². The molecule has 3 rings (SSSR count). The molecule has 3 aliphatic rings. The number of Topliss-reactive ketones (excluding diaryl/α,β-unsaturated/α-hetero) is 1. The summed E-state index contributed by atoms with van der Waals surface area (Å²) in [5, 5.41) is 11.3. The summed E-state index contributed by atoms with van der Waals surface area (Å²) in [5.41, 5.74) is -1.14. The number of likely N-dealkylation sites (N-methyl/N-ethyl adjacent to an activating group) is 2. The average Bonchev–Trinajstić information content (AvgIpc) is 2.96. The van der Waals surface area contributed by atoms with Crippen LogP contribution in [0.5, 0.6) is 0 Å². The zero-order valence-electron chi connectivity index (χ0n) is 29.7. The summed E-state index contributed by atoms with van der Waals surface area (Å²) in [6.45, 7) is 20.2. The fourth-order valence-corrected chi connectivity index (χ4v) is 7.74. The van der Waals surface area contributed by atoms with E-state index in [0.717, 1.165) is 26.1 Å². The Labute approximate surface area is 272 Å². The van der Waals surface area contributed by atoms with Crippen LogP contribution in [0, 0.1) is 17.3 Å². The number of cyclic esters (lactones) is 1. The molecule has 2 saturated heterocycles. The number of ketones is 1. The molecule has 0 bridgehead atoms. The van der Waals surface area contributed by atoms with Crippen molar-refractivity contribution in [3.63, 3.8) is 0 Å². The van der Waals surface area contributed by atoms with Gasteiger partial charge in [0.2, 0.25) is 0 Å². The minimum absolute atomic E-state index is 0.125. The van der Waals surface area contributed by atoms with Gasteiger partial charge in [-0.15, -0.1) is 6.58 Å². The summed E-state index contributed by atoms with van der Waals surface area (Å²) in [5.74, 6) is -1.50. The Morgan fingerprint density at radius 1 is 1.18 bits per heavy atom. The summed E-state index contributed by atoms with van der Waals surface area (Å²) < 4.78 is 25.2. The lowest BCUT2D eigenvalue weighted by Crippen LogP contribution is -2.59. The minimum atomic E-state index is -1.44. The van der Waals surface area contributed by atoms with Crippen molar-refractivity contribution in [2.75, 3.05) is 54.4 Å². The molecule has 3 heterocycles. The third-order valence-corrected chi connectivity index (χ3v) is 10.3. The maximum absolute atomic E-state index is 14.3. The van der Waals surface area contributed by atoms with Crippen molar-refractivity contribution in [2.24, 2.45) is 17.3 Å². The number of hydrogen-bond acceptors (Lipinski definition) is 10. The van der Waals surface area contributed by atoms with Gasteiger partial charge in [-0.1, -0.05) is 31.6 Å². The maximum Gasteiger partial charge on any atom is 0.319 e. The summed E-state index contributed by atoms with van der Waals surface area (Å²) in [7, 11) is 7.56. The Morgan fingerprint density at radius 3 is 2.40 bits per heavy atom. The van der Waals surface area contributed by atoms with Crippen molar-refractivity contribution >= 4 is 11.8 Å². The first-order chi connectivity index (χ1) is 21.0. The second-order valence-corrected chi connectivity index (χ2v) is 14.8. The molecule has 0 aromatic carbocycles. The highest BCUT2D eigenvalue weighted by Gasteiger charge is 2.52. The van der Waals surface area contributed by atoms with Gasteiger partial charge in [0, 0.05) is 45.2 Å². The van der Waals surface area contributed by atoms with Gasteiger partial charge in [0.25, 0.3) is 0 Å². The molecule has 258 valence electrons. The first-order valence-corrected chi connectivity index (χ1v) is 16.6. The van der Waals surface area contributed by atoms with E-state index in [1.165, 1.54) is 5.57 Å². The third-order valence-electron chi connectivity index (χ3n) is 10.3. The lowest BCUT2D eigenvalue weighted by atomic mass is 9.74. The van der Waals surface area contributed by atoms with Gasteiger partial charge in [0.05, 0.1) is 23.9 Å². The second-order valence-electron chi connectivity index (χ2n) is 14.8. The van der Waals surface area contributed by atoms with E-state index in [1.54, 1.807) is 27.9 Å². The number of ether oxygens (including phenoxy) is 4. The molecular formula is C35H61N3O7. The highest BCUT2D eigenvalue weighted by Crippen LogP contribution is 2.39. The zero-order chi connectivity index (χ0) is 33.9. The van der Waals surface area contributed by atoms with Crippen LogP contribution < -0.4 is 0 Å². The van der Waals surface area contributed by atoms with Gasteiger partial charge >= 0.3 is 5.97 Å². The van der Waals surface area contributed by atoms with E-state index in [1.807, 2.05) is 45.8 Å². The van der Waals surface area contributed by atoms with E-state index in [2.05, 4.69) is 36.4 Å². The quantitative estimate of drug-likeness (QED) is 0.254. The number of esters is 1. The fraction of sp³-hybridized carbons (Fsp3) is 0.829. The smallest absolute Gasteiger partial charge is 0.319 e. The van der Waals surface area contributed by atoms with E-state index in [9.17, 15) is 14.7 Å². The van der Waals surface area contributed by atoms with Crippen LogP contribution in [0.15, 0.2) is 24.3 Å². The highest BCUT2D eigenvalue weighted by molar-refractivity contribution is 6.04. The number of carbonyl (C=O) groups is 2. The van der Waals surface area contributed by atoms with E-state index < -0.39 is 47.5 Å². The van der Waals surface area contributed by atoms with Crippen LogP contribution in [0.1, 0.15) is 67.7 Å². The van der Waals surface area contributed by atoms with E-state index in [0.29, 0.717) is 19.4 Å². The minimum Gasteiger partial charge on any atom is -0.460 e. The molecule has 2 unspecified atom stereocenters. The molecule has 10 heteroatoms. The molecule has 3 aliphatic heterocycles. The predicted octanol–water partition coefficient (Wildman–Crippen LogP) is 3.52. The number of rotatable bonds is 7. The topological polar surface area (TPSA) is 101 Å². The van der Waals surface area contributed by atoms with Gasteiger partial charge in [-0.25, -0.2) is 0 Å².